The summed E-state index contributed by atoms with van der Waals surface area (Å²) < 4.78 is 9.66. The molecule has 70 heavy (non-hydrogen) atoms. The lowest BCUT2D eigenvalue weighted by atomic mass is 9.82. The number of aromatic nitrogens is 1. The number of fused-ring (bicyclic) bond motifs is 11. The molecule has 0 saturated heterocycles. The van der Waals surface area contributed by atoms with Crippen LogP contribution in [0, 0.1) is 0 Å². The summed E-state index contributed by atoms with van der Waals surface area (Å²) in [4.78, 5) is 2.43. The summed E-state index contributed by atoms with van der Waals surface area (Å²) in [5, 5.41) is 7.14. The first-order valence-corrected chi connectivity index (χ1v) is 24.2. The molecule has 1 aliphatic carbocycles. The third-order valence-corrected chi connectivity index (χ3v) is 15.0. The summed E-state index contributed by atoms with van der Waals surface area (Å²) in [6.07, 6.45) is 0. The highest BCUT2D eigenvalue weighted by Gasteiger charge is 2.38. The van der Waals surface area contributed by atoms with E-state index in [1.807, 2.05) is 0 Å². The molecule has 0 N–H and O–H groups in total. The Morgan fingerprint density at radius 1 is 0.386 bits per heavy atom. The molecule has 2 aromatic heterocycles. The number of anilines is 3. The number of furan rings is 1. The van der Waals surface area contributed by atoms with Crippen LogP contribution in [0.2, 0.25) is 0 Å². The highest BCUT2D eigenvalue weighted by Crippen LogP contribution is 2.55. The van der Waals surface area contributed by atoms with Crippen molar-refractivity contribution in [2.45, 2.75) is 19.3 Å². The van der Waals surface area contributed by atoms with Gasteiger partial charge in [0.1, 0.15) is 5.58 Å². The summed E-state index contributed by atoms with van der Waals surface area (Å²) >= 11 is 0. The molecule has 3 heteroatoms. The van der Waals surface area contributed by atoms with Crippen LogP contribution in [0.1, 0.15) is 25.0 Å². The molecule has 3 nitrogen and oxygen atoms in total. The van der Waals surface area contributed by atoms with Gasteiger partial charge in [-0.3, -0.25) is 0 Å². The van der Waals surface area contributed by atoms with Gasteiger partial charge < -0.3 is 13.9 Å². The van der Waals surface area contributed by atoms with Crippen LogP contribution in [-0.2, 0) is 5.41 Å². The lowest BCUT2D eigenvalue weighted by Gasteiger charge is -2.29. The van der Waals surface area contributed by atoms with Crippen molar-refractivity contribution >= 4 is 71.6 Å². The fourth-order valence-corrected chi connectivity index (χ4v) is 11.6. The summed E-state index contributed by atoms with van der Waals surface area (Å²) in [6.45, 7) is 4.70. The van der Waals surface area contributed by atoms with Crippen LogP contribution in [0.3, 0.4) is 0 Å². The summed E-state index contributed by atoms with van der Waals surface area (Å²) in [5.41, 5.74) is 20.5. The molecule has 0 bridgehead atoms. The number of hydrogen-bond acceptors (Lipinski definition) is 2. The fourth-order valence-electron chi connectivity index (χ4n) is 11.6. The fraction of sp³-hybridized carbons (Fsp3) is 0.0448. The van der Waals surface area contributed by atoms with Crippen LogP contribution < -0.4 is 4.90 Å². The molecular formula is C67H46N2O. The van der Waals surface area contributed by atoms with E-state index in [4.69, 9.17) is 4.42 Å². The van der Waals surface area contributed by atoms with Gasteiger partial charge in [0.05, 0.1) is 22.4 Å². The third-order valence-electron chi connectivity index (χ3n) is 15.0. The lowest BCUT2D eigenvalue weighted by Crippen LogP contribution is -2.16. The van der Waals surface area contributed by atoms with Gasteiger partial charge in [-0.2, -0.15) is 0 Å². The Morgan fingerprint density at radius 2 is 0.914 bits per heavy atom. The van der Waals surface area contributed by atoms with Gasteiger partial charge in [0.15, 0.2) is 5.58 Å². The van der Waals surface area contributed by atoms with Crippen molar-refractivity contribution in [1.29, 1.82) is 0 Å². The van der Waals surface area contributed by atoms with Crippen LogP contribution in [0.15, 0.2) is 247 Å². The Bertz CT molecular complexity index is 4120. The van der Waals surface area contributed by atoms with Crippen molar-refractivity contribution in [1.82, 2.24) is 4.57 Å². The largest absolute Gasteiger partial charge is 0.453 e. The zero-order chi connectivity index (χ0) is 46.5. The Hall–Kier alpha value is -8.92. The van der Waals surface area contributed by atoms with Crippen LogP contribution in [-0.4, -0.2) is 4.57 Å². The van der Waals surface area contributed by atoms with Gasteiger partial charge in [-0.05, 0) is 110 Å². The average Bonchev–Trinajstić information content (AvgIpc) is 4.06. The smallest absolute Gasteiger partial charge is 0.159 e. The molecule has 0 unspecified atom stereocenters. The van der Waals surface area contributed by atoms with Crippen molar-refractivity contribution in [2.75, 3.05) is 4.90 Å². The summed E-state index contributed by atoms with van der Waals surface area (Å²) in [5.74, 6) is 0. The molecule has 0 spiro atoms. The normalized spacial score (nSPS) is 12.8. The van der Waals surface area contributed by atoms with E-state index in [9.17, 15) is 0 Å². The first-order chi connectivity index (χ1) is 34.5. The van der Waals surface area contributed by atoms with Gasteiger partial charge in [-0.1, -0.05) is 202 Å². The molecule has 0 radical (unpaired) electrons. The van der Waals surface area contributed by atoms with Crippen LogP contribution in [0.4, 0.5) is 17.1 Å². The quantitative estimate of drug-likeness (QED) is 0.159. The Labute approximate surface area is 406 Å². The maximum Gasteiger partial charge on any atom is 0.159 e. The Kier molecular flexibility index (Phi) is 8.93. The van der Waals surface area contributed by atoms with E-state index in [1.165, 1.54) is 71.5 Å². The molecule has 0 saturated carbocycles. The molecule has 330 valence electrons. The van der Waals surface area contributed by atoms with E-state index < -0.39 is 0 Å². The maximum absolute atomic E-state index is 7.29. The summed E-state index contributed by atoms with van der Waals surface area (Å²) in [7, 11) is 0. The molecule has 13 aromatic rings. The van der Waals surface area contributed by atoms with Crippen molar-refractivity contribution in [3.63, 3.8) is 0 Å². The monoisotopic (exact) mass is 894 g/mol. The number of para-hydroxylation sites is 3. The second kappa shape index (κ2) is 15.6. The molecule has 11 aromatic carbocycles. The zero-order valence-corrected chi connectivity index (χ0v) is 38.9. The Balaban J connectivity index is 0.878. The van der Waals surface area contributed by atoms with Crippen LogP contribution in [0.5, 0.6) is 0 Å². The molecule has 0 amide bonds. The minimum Gasteiger partial charge on any atom is -0.453 e. The second-order valence-corrected chi connectivity index (χ2v) is 19.2. The molecule has 14 rings (SSSR count). The number of rotatable bonds is 7. The van der Waals surface area contributed by atoms with E-state index in [-0.39, 0.29) is 5.41 Å². The van der Waals surface area contributed by atoms with Gasteiger partial charge in [-0.15, -0.1) is 0 Å². The van der Waals surface area contributed by atoms with Crippen molar-refractivity contribution in [3.8, 4) is 50.2 Å². The zero-order valence-electron chi connectivity index (χ0n) is 38.9. The van der Waals surface area contributed by atoms with Gasteiger partial charge in [-0.25, -0.2) is 0 Å². The van der Waals surface area contributed by atoms with Gasteiger partial charge in [0.25, 0.3) is 0 Å². The van der Waals surface area contributed by atoms with Crippen molar-refractivity contribution < 1.29 is 4.42 Å². The molecule has 0 aliphatic heterocycles. The van der Waals surface area contributed by atoms with E-state index in [0.29, 0.717) is 0 Å². The highest BCUT2D eigenvalue weighted by molar-refractivity contribution is 6.24. The van der Waals surface area contributed by atoms with Crippen molar-refractivity contribution in [3.05, 3.63) is 254 Å². The predicted octanol–water partition coefficient (Wildman–Crippen LogP) is 18.6. The van der Waals surface area contributed by atoms with Gasteiger partial charge in [0, 0.05) is 49.5 Å². The van der Waals surface area contributed by atoms with Crippen LogP contribution in [0.25, 0.3) is 105 Å². The van der Waals surface area contributed by atoms with Gasteiger partial charge >= 0.3 is 0 Å². The van der Waals surface area contributed by atoms with Crippen LogP contribution >= 0.6 is 0 Å². The topological polar surface area (TPSA) is 21.3 Å². The number of hydrogen-bond donors (Lipinski definition) is 0. The second-order valence-electron chi connectivity index (χ2n) is 19.2. The third kappa shape index (κ3) is 6.08. The predicted molar refractivity (Wildman–Crippen MR) is 294 cm³/mol. The SMILES string of the molecule is CC1(C)c2ccccc2-c2c(N(c3ccc(-c4ccc(-c5ccc(-n6c7ccccc7c7ccccc76)cc5)cc4)cc3)c3cccc4c3oc3c(-c5ccccc5)cc5ccccc5c34)cccc21. The molecular weight excluding hydrogens is 849 g/mol. The summed E-state index contributed by atoms with van der Waals surface area (Å²) in [6, 6.07) is 88.3. The van der Waals surface area contributed by atoms with E-state index in [2.05, 4.69) is 266 Å². The maximum atomic E-state index is 7.29. The van der Waals surface area contributed by atoms with E-state index in [1.54, 1.807) is 0 Å². The minimum atomic E-state index is -0.160. The standard InChI is InChI=1S/C67H46N2O/c1-67(2)57-24-11-8-22-54(57)64-58(67)25-15-28-61(64)69(62-29-14-23-55-63-51-19-7-6-18-48(51)42-56(66(63)70-65(55)62)47-16-4-3-5-17-47)50-40-36-46(37-41-50)44-32-30-43(31-33-44)45-34-38-49(39-35-45)68-59-26-12-9-20-52(59)53-21-10-13-27-60(53)68/h3-42H,1-2H3. The molecule has 0 fully saturated rings. The first kappa shape index (κ1) is 40.2. The number of benzene rings is 11. The van der Waals surface area contributed by atoms with E-state index in [0.717, 1.165) is 61.4 Å². The average molecular weight is 895 g/mol. The Morgan fingerprint density at radius 3 is 1.61 bits per heavy atom. The first-order valence-electron chi connectivity index (χ1n) is 24.2. The molecule has 0 atom stereocenters. The lowest BCUT2D eigenvalue weighted by molar-refractivity contribution is 0.660. The van der Waals surface area contributed by atoms with E-state index >= 15 is 0 Å². The molecule has 1 aliphatic rings. The highest BCUT2D eigenvalue weighted by atomic mass is 16.3. The molecule has 2 heterocycles. The minimum absolute atomic E-state index is 0.160. The number of nitrogens with zero attached hydrogens (tertiary/aromatic N) is 2. The van der Waals surface area contributed by atoms with Gasteiger partial charge in [0.2, 0.25) is 0 Å². The van der Waals surface area contributed by atoms with Crippen molar-refractivity contribution in [2.24, 2.45) is 0 Å².